The Morgan fingerprint density at radius 1 is 1.50 bits per heavy atom. The third kappa shape index (κ3) is 2.20. The maximum absolute atomic E-state index is 13.1. The Kier molecular flexibility index (Phi) is 3.46. The number of anilines is 1. The zero-order chi connectivity index (χ0) is 11.5. The van der Waals surface area contributed by atoms with Gasteiger partial charge < -0.3 is 14.4 Å². The molecule has 0 spiro atoms. The van der Waals surface area contributed by atoms with E-state index in [9.17, 15) is 4.39 Å². The Labute approximate surface area is 97.9 Å². The van der Waals surface area contributed by atoms with Crippen LogP contribution in [-0.4, -0.2) is 38.4 Å². The van der Waals surface area contributed by atoms with Gasteiger partial charge in [-0.1, -0.05) is 11.6 Å². The summed E-state index contributed by atoms with van der Waals surface area (Å²) in [7, 11) is 1.45. The van der Waals surface area contributed by atoms with Crippen LogP contribution in [0.1, 0.15) is 0 Å². The van der Waals surface area contributed by atoms with E-state index in [0.29, 0.717) is 32.1 Å². The smallest absolute Gasteiger partial charge is 0.173 e. The second kappa shape index (κ2) is 4.84. The van der Waals surface area contributed by atoms with Crippen LogP contribution in [-0.2, 0) is 4.74 Å². The van der Waals surface area contributed by atoms with E-state index in [4.69, 9.17) is 21.1 Å². The fourth-order valence-electron chi connectivity index (χ4n) is 1.53. The Hall–Kier alpha value is -1.07. The normalized spacial score (nSPS) is 16.3. The number of aromatic nitrogens is 1. The van der Waals surface area contributed by atoms with Gasteiger partial charge in [0.2, 0.25) is 0 Å². The monoisotopic (exact) mass is 245 g/mol. The number of nitrogens with zero attached hydrogens (tertiary/aromatic N) is 2. The number of methoxy groups -OCH3 is 1. The zero-order valence-corrected chi connectivity index (χ0v) is 9.55. The first-order valence-corrected chi connectivity index (χ1v) is 5.25. The van der Waals surface area contributed by atoms with Crippen LogP contribution in [0, 0.1) is 11.9 Å². The molecule has 2 heterocycles. The van der Waals surface area contributed by atoms with Gasteiger partial charge >= 0.3 is 0 Å². The average Bonchev–Trinajstić information content (AvgIpc) is 2.33. The SMILES string of the molecule is COc1[c]c(F)c(Cl)nc1N1CCOCC1. The van der Waals surface area contributed by atoms with Gasteiger partial charge in [0.25, 0.3) is 0 Å². The third-order valence-corrected chi connectivity index (χ3v) is 2.58. The molecule has 0 bridgehead atoms. The molecule has 1 aliphatic heterocycles. The van der Waals surface area contributed by atoms with Gasteiger partial charge in [-0.15, -0.1) is 0 Å². The summed E-state index contributed by atoms with van der Waals surface area (Å²) in [6, 6.07) is 2.43. The van der Waals surface area contributed by atoms with Crippen molar-refractivity contribution in [1.29, 1.82) is 0 Å². The molecular weight excluding hydrogens is 235 g/mol. The van der Waals surface area contributed by atoms with Crippen molar-refractivity contribution in [2.75, 3.05) is 38.3 Å². The molecule has 1 aromatic rings. The number of halogens is 2. The number of pyridine rings is 1. The van der Waals surface area contributed by atoms with Crippen molar-refractivity contribution in [3.8, 4) is 5.75 Å². The highest BCUT2D eigenvalue weighted by Gasteiger charge is 2.19. The van der Waals surface area contributed by atoms with E-state index in [-0.39, 0.29) is 10.9 Å². The molecule has 16 heavy (non-hydrogen) atoms. The van der Waals surface area contributed by atoms with Crippen molar-refractivity contribution in [2.45, 2.75) is 0 Å². The summed E-state index contributed by atoms with van der Waals surface area (Å²) in [5.74, 6) is 0.0801. The first-order chi connectivity index (χ1) is 7.72. The fourth-order valence-corrected chi connectivity index (χ4v) is 1.66. The molecule has 4 nitrogen and oxygen atoms in total. The van der Waals surface area contributed by atoms with E-state index in [1.54, 1.807) is 0 Å². The van der Waals surface area contributed by atoms with Crippen molar-refractivity contribution in [2.24, 2.45) is 0 Å². The summed E-state index contributed by atoms with van der Waals surface area (Å²) in [6.45, 7) is 2.58. The average molecular weight is 246 g/mol. The van der Waals surface area contributed by atoms with Crippen molar-refractivity contribution in [1.82, 2.24) is 4.98 Å². The number of morpholine rings is 1. The highest BCUT2D eigenvalue weighted by molar-refractivity contribution is 6.29. The molecular formula is C10H11ClFN2O2. The van der Waals surface area contributed by atoms with Crippen LogP contribution in [0.25, 0.3) is 0 Å². The molecule has 1 saturated heterocycles. The lowest BCUT2D eigenvalue weighted by atomic mass is 10.3. The molecule has 0 aliphatic carbocycles. The van der Waals surface area contributed by atoms with Crippen LogP contribution >= 0.6 is 11.6 Å². The first-order valence-electron chi connectivity index (χ1n) is 4.87. The second-order valence-corrected chi connectivity index (χ2v) is 3.66. The van der Waals surface area contributed by atoms with E-state index >= 15 is 0 Å². The van der Waals surface area contributed by atoms with Crippen LogP contribution in [0.3, 0.4) is 0 Å². The number of hydrogen-bond donors (Lipinski definition) is 0. The van der Waals surface area contributed by atoms with E-state index in [1.165, 1.54) is 7.11 Å². The van der Waals surface area contributed by atoms with Crippen molar-refractivity contribution in [3.05, 3.63) is 17.0 Å². The molecule has 0 saturated carbocycles. The van der Waals surface area contributed by atoms with Gasteiger partial charge in [-0.2, -0.15) is 0 Å². The van der Waals surface area contributed by atoms with Crippen molar-refractivity contribution in [3.63, 3.8) is 0 Å². The predicted octanol–water partition coefficient (Wildman–Crippen LogP) is 1.52. The lowest BCUT2D eigenvalue weighted by molar-refractivity contribution is 0.122. The van der Waals surface area contributed by atoms with Crippen LogP contribution in [0.4, 0.5) is 10.2 Å². The zero-order valence-electron chi connectivity index (χ0n) is 8.80. The Bertz CT molecular complexity index is 383. The van der Waals surface area contributed by atoms with Crippen molar-refractivity contribution >= 4 is 17.4 Å². The molecule has 0 atom stereocenters. The molecule has 6 heteroatoms. The maximum Gasteiger partial charge on any atom is 0.173 e. The lowest BCUT2D eigenvalue weighted by Crippen LogP contribution is -2.37. The molecule has 1 aliphatic rings. The van der Waals surface area contributed by atoms with Gasteiger partial charge in [-0.25, -0.2) is 9.37 Å². The second-order valence-electron chi connectivity index (χ2n) is 3.30. The highest BCUT2D eigenvalue weighted by atomic mass is 35.5. The molecule has 2 rings (SSSR count). The summed E-state index contributed by atoms with van der Waals surface area (Å²) in [6.07, 6.45) is 0. The Morgan fingerprint density at radius 3 is 2.81 bits per heavy atom. The number of ether oxygens (including phenoxy) is 2. The summed E-state index contributed by atoms with van der Waals surface area (Å²) < 4.78 is 23.4. The first kappa shape index (κ1) is 11.4. The maximum atomic E-state index is 13.1. The van der Waals surface area contributed by atoms with Gasteiger partial charge in [0.1, 0.15) is 0 Å². The summed E-state index contributed by atoms with van der Waals surface area (Å²) >= 11 is 5.63. The summed E-state index contributed by atoms with van der Waals surface area (Å²) in [4.78, 5) is 5.91. The molecule has 1 aromatic heterocycles. The largest absolute Gasteiger partial charge is 0.492 e. The minimum Gasteiger partial charge on any atom is -0.492 e. The standard InChI is InChI=1S/C10H11ClFN2O2/c1-15-8-6-7(12)9(11)13-10(8)14-2-4-16-5-3-14/h2-5H2,1H3. The molecule has 87 valence electrons. The molecule has 0 unspecified atom stereocenters. The third-order valence-electron chi connectivity index (χ3n) is 2.33. The molecule has 1 radical (unpaired) electrons. The molecule has 0 N–H and O–H groups in total. The molecule has 0 amide bonds. The predicted molar refractivity (Wildman–Crippen MR) is 57.6 cm³/mol. The minimum absolute atomic E-state index is 0.192. The fraction of sp³-hybridized carbons (Fsp3) is 0.500. The van der Waals surface area contributed by atoms with Gasteiger partial charge in [0, 0.05) is 13.1 Å². The summed E-state index contributed by atoms with van der Waals surface area (Å²) in [5.41, 5.74) is 0. The van der Waals surface area contributed by atoms with Gasteiger partial charge in [-0.3, -0.25) is 0 Å². The molecule has 0 aromatic carbocycles. The van der Waals surface area contributed by atoms with Crippen molar-refractivity contribution < 1.29 is 13.9 Å². The van der Waals surface area contributed by atoms with Gasteiger partial charge in [-0.05, 0) is 0 Å². The van der Waals surface area contributed by atoms with E-state index in [0.717, 1.165) is 0 Å². The highest BCUT2D eigenvalue weighted by Crippen LogP contribution is 2.29. The minimum atomic E-state index is -0.699. The summed E-state index contributed by atoms with van der Waals surface area (Å²) in [5, 5.41) is -0.192. The van der Waals surface area contributed by atoms with E-state index in [1.807, 2.05) is 4.90 Å². The van der Waals surface area contributed by atoms with Gasteiger partial charge in [0.05, 0.1) is 26.4 Å². The number of rotatable bonds is 2. The quantitative estimate of drug-likeness (QED) is 0.740. The Balaban J connectivity index is 2.33. The van der Waals surface area contributed by atoms with Crippen LogP contribution in [0.2, 0.25) is 5.15 Å². The van der Waals surface area contributed by atoms with Crippen LogP contribution in [0.15, 0.2) is 0 Å². The Morgan fingerprint density at radius 2 is 2.19 bits per heavy atom. The topological polar surface area (TPSA) is 34.6 Å². The molecule has 1 fully saturated rings. The van der Waals surface area contributed by atoms with Crippen LogP contribution in [0.5, 0.6) is 5.75 Å². The van der Waals surface area contributed by atoms with E-state index < -0.39 is 5.82 Å². The lowest BCUT2D eigenvalue weighted by Gasteiger charge is -2.28. The van der Waals surface area contributed by atoms with Crippen LogP contribution < -0.4 is 9.64 Å². The van der Waals surface area contributed by atoms with E-state index in [2.05, 4.69) is 11.1 Å². The number of hydrogen-bond acceptors (Lipinski definition) is 4. The van der Waals surface area contributed by atoms with Gasteiger partial charge in [0.15, 0.2) is 22.5 Å².